The van der Waals surface area contributed by atoms with Crippen molar-refractivity contribution in [3.05, 3.63) is 77.9 Å². The van der Waals surface area contributed by atoms with Gasteiger partial charge in [-0.15, -0.1) is 0 Å². The van der Waals surface area contributed by atoms with Crippen LogP contribution in [-0.2, 0) is 14.9 Å². The molecule has 5 rings (SSSR count). The lowest BCUT2D eigenvalue weighted by molar-refractivity contribution is -0.187. The van der Waals surface area contributed by atoms with Gasteiger partial charge in [-0.2, -0.15) is 0 Å². The van der Waals surface area contributed by atoms with Crippen molar-refractivity contribution in [1.29, 1.82) is 0 Å². The number of nitrogens with zero attached hydrogens (tertiary/aromatic N) is 2. The molecule has 0 bridgehead atoms. The Labute approximate surface area is 238 Å². The highest BCUT2D eigenvalue weighted by atomic mass is 16.6. The van der Waals surface area contributed by atoms with Gasteiger partial charge in [0.1, 0.15) is 11.4 Å². The maximum Gasteiger partial charge on any atom is 0.303 e. The molecule has 2 aliphatic rings. The molecule has 3 aromatic carbocycles. The summed E-state index contributed by atoms with van der Waals surface area (Å²) in [6, 6.07) is 22.4. The van der Waals surface area contributed by atoms with Crippen molar-refractivity contribution in [2.75, 3.05) is 33.8 Å². The maximum atomic E-state index is 14.2. The van der Waals surface area contributed by atoms with Crippen LogP contribution >= 0.6 is 0 Å². The van der Waals surface area contributed by atoms with Gasteiger partial charge in [-0.05, 0) is 85.8 Å². The van der Waals surface area contributed by atoms with E-state index in [2.05, 4.69) is 55.0 Å². The van der Waals surface area contributed by atoms with Gasteiger partial charge >= 0.3 is 5.97 Å². The second-order valence-corrected chi connectivity index (χ2v) is 12.2. The number of amides is 1. The number of carbonyl (C=O) groups is 2. The van der Waals surface area contributed by atoms with E-state index in [4.69, 9.17) is 9.47 Å². The van der Waals surface area contributed by atoms with Gasteiger partial charge in [0.05, 0.1) is 7.11 Å². The van der Waals surface area contributed by atoms with Gasteiger partial charge in [0, 0.05) is 37.0 Å². The zero-order valence-electron chi connectivity index (χ0n) is 24.5. The highest BCUT2D eigenvalue weighted by Gasteiger charge is 2.61. The van der Waals surface area contributed by atoms with Gasteiger partial charge in [-0.25, -0.2) is 0 Å². The maximum absolute atomic E-state index is 14.2. The molecule has 0 spiro atoms. The van der Waals surface area contributed by atoms with Crippen molar-refractivity contribution in [2.24, 2.45) is 5.92 Å². The van der Waals surface area contributed by atoms with Crippen molar-refractivity contribution in [3.8, 4) is 5.75 Å². The average Bonchev–Trinajstić information content (AvgIpc) is 2.94. The summed E-state index contributed by atoms with van der Waals surface area (Å²) in [4.78, 5) is 31.2. The SMILES string of the molecule is COc1cccc([C@@]23CCN(C)C[C@@]2(OC(C)=O)CC[C@H](N(CC(C)C)C(=O)c2ccc4ccccc4c2)C3)c1. The first-order valence-corrected chi connectivity index (χ1v) is 14.5. The van der Waals surface area contributed by atoms with Crippen LogP contribution in [0.5, 0.6) is 5.75 Å². The number of benzene rings is 3. The molecule has 1 heterocycles. The molecule has 3 aromatic rings. The van der Waals surface area contributed by atoms with Crippen LogP contribution in [0.15, 0.2) is 66.7 Å². The molecule has 1 saturated carbocycles. The molecule has 40 heavy (non-hydrogen) atoms. The fourth-order valence-electron chi connectivity index (χ4n) is 7.23. The molecule has 0 unspecified atom stereocenters. The lowest BCUT2D eigenvalue weighted by atomic mass is 9.55. The number of fused-ring (bicyclic) bond motifs is 2. The Bertz CT molecular complexity index is 1390. The van der Waals surface area contributed by atoms with Crippen LogP contribution < -0.4 is 4.74 Å². The third-order valence-electron chi connectivity index (χ3n) is 9.00. The Hall–Kier alpha value is -3.38. The third kappa shape index (κ3) is 5.22. The molecule has 1 amide bonds. The smallest absolute Gasteiger partial charge is 0.303 e. The second-order valence-electron chi connectivity index (χ2n) is 12.2. The number of hydrogen-bond donors (Lipinski definition) is 0. The highest BCUT2D eigenvalue weighted by molar-refractivity contribution is 5.98. The average molecular weight is 543 g/mol. The van der Waals surface area contributed by atoms with Gasteiger partial charge < -0.3 is 19.3 Å². The van der Waals surface area contributed by atoms with Crippen molar-refractivity contribution in [3.63, 3.8) is 0 Å². The molecule has 212 valence electrons. The molecule has 3 atom stereocenters. The summed E-state index contributed by atoms with van der Waals surface area (Å²) >= 11 is 0. The van der Waals surface area contributed by atoms with Crippen molar-refractivity contribution in [2.45, 2.75) is 63.5 Å². The Balaban J connectivity index is 1.58. The first-order chi connectivity index (χ1) is 19.2. The zero-order chi connectivity index (χ0) is 28.5. The Morgan fingerprint density at radius 3 is 2.52 bits per heavy atom. The third-order valence-corrected chi connectivity index (χ3v) is 9.00. The standard InChI is InChI=1S/C34H42N2O4/c1-24(2)22-36(32(38)28-14-13-26-9-6-7-10-27(26)19-28)30-15-16-34(40-25(3)37)23-35(4)18-17-33(34,21-30)29-11-8-12-31(20-29)39-5/h6-14,19-20,24,30H,15-18,21-23H2,1-5H3/t30-,33-,34-/m0/s1. The molecule has 0 radical (unpaired) electrons. The number of likely N-dealkylation sites (tertiary alicyclic amines) is 1. The summed E-state index contributed by atoms with van der Waals surface area (Å²) in [5.74, 6) is 0.913. The van der Waals surface area contributed by atoms with E-state index >= 15 is 0 Å². The summed E-state index contributed by atoms with van der Waals surface area (Å²) in [5.41, 5.74) is 0.717. The topological polar surface area (TPSA) is 59.1 Å². The van der Waals surface area contributed by atoms with E-state index in [1.807, 2.05) is 42.5 Å². The fraction of sp³-hybridized carbons (Fsp3) is 0.471. The minimum atomic E-state index is -0.676. The van der Waals surface area contributed by atoms with Gasteiger partial charge in [-0.3, -0.25) is 9.59 Å². The Kier molecular flexibility index (Phi) is 7.92. The second kappa shape index (κ2) is 11.2. The van der Waals surface area contributed by atoms with E-state index in [-0.39, 0.29) is 17.9 Å². The minimum Gasteiger partial charge on any atom is -0.497 e. The highest BCUT2D eigenvalue weighted by Crippen LogP contribution is 2.55. The normalized spacial score (nSPS) is 24.9. The Morgan fingerprint density at radius 1 is 1.02 bits per heavy atom. The number of piperidine rings is 1. The van der Waals surface area contributed by atoms with Crippen LogP contribution in [0.3, 0.4) is 0 Å². The predicted molar refractivity (Wildman–Crippen MR) is 159 cm³/mol. The first kappa shape index (κ1) is 28.2. The number of ether oxygens (including phenoxy) is 2. The van der Waals surface area contributed by atoms with Gasteiger partial charge in [-0.1, -0.05) is 56.3 Å². The molecule has 1 saturated heterocycles. The van der Waals surface area contributed by atoms with Crippen molar-refractivity contribution >= 4 is 22.6 Å². The molecular weight excluding hydrogens is 500 g/mol. The lowest BCUT2D eigenvalue weighted by Crippen LogP contribution is -2.68. The molecular formula is C34H42N2O4. The van der Waals surface area contributed by atoms with Crippen molar-refractivity contribution in [1.82, 2.24) is 9.80 Å². The summed E-state index contributed by atoms with van der Waals surface area (Å²) < 4.78 is 12.0. The van der Waals surface area contributed by atoms with E-state index in [1.54, 1.807) is 7.11 Å². The molecule has 1 aliphatic carbocycles. The Morgan fingerprint density at radius 2 is 1.80 bits per heavy atom. The molecule has 6 heteroatoms. The quantitative estimate of drug-likeness (QED) is 0.339. The van der Waals surface area contributed by atoms with Gasteiger partial charge in [0.2, 0.25) is 0 Å². The van der Waals surface area contributed by atoms with Crippen LogP contribution in [0.25, 0.3) is 10.8 Å². The zero-order valence-corrected chi connectivity index (χ0v) is 24.5. The summed E-state index contributed by atoms with van der Waals surface area (Å²) in [6.45, 7) is 8.07. The summed E-state index contributed by atoms with van der Waals surface area (Å²) in [6.07, 6.45) is 3.03. The van der Waals surface area contributed by atoms with E-state index in [0.29, 0.717) is 25.4 Å². The van der Waals surface area contributed by atoms with E-state index < -0.39 is 11.0 Å². The van der Waals surface area contributed by atoms with Crippen LogP contribution in [0, 0.1) is 5.92 Å². The lowest BCUT2D eigenvalue weighted by Gasteiger charge is -2.60. The molecule has 2 fully saturated rings. The van der Waals surface area contributed by atoms with E-state index in [1.165, 1.54) is 6.92 Å². The summed E-state index contributed by atoms with van der Waals surface area (Å²) in [5, 5.41) is 2.19. The van der Waals surface area contributed by atoms with Crippen LogP contribution in [0.4, 0.5) is 0 Å². The fourth-order valence-corrected chi connectivity index (χ4v) is 7.23. The van der Waals surface area contributed by atoms with Crippen LogP contribution in [-0.4, -0.2) is 67.1 Å². The molecule has 6 nitrogen and oxygen atoms in total. The number of methoxy groups -OCH3 is 1. The monoisotopic (exact) mass is 542 g/mol. The van der Waals surface area contributed by atoms with E-state index in [0.717, 1.165) is 53.5 Å². The predicted octanol–water partition coefficient (Wildman–Crippen LogP) is 6.07. The number of carbonyl (C=O) groups excluding carboxylic acids is 2. The number of rotatable bonds is 7. The van der Waals surface area contributed by atoms with Crippen LogP contribution in [0.1, 0.15) is 62.4 Å². The van der Waals surface area contributed by atoms with Crippen LogP contribution in [0.2, 0.25) is 0 Å². The number of hydrogen-bond acceptors (Lipinski definition) is 5. The molecule has 0 aromatic heterocycles. The van der Waals surface area contributed by atoms with Gasteiger partial charge in [0.15, 0.2) is 0 Å². The summed E-state index contributed by atoms with van der Waals surface area (Å²) in [7, 11) is 3.78. The first-order valence-electron chi connectivity index (χ1n) is 14.5. The largest absolute Gasteiger partial charge is 0.497 e. The number of esters is 1. The number of likely N-dealkylation sites (N-methyl/N-ethyl adjacent to an activating group) is 1. The minimum absolute atomic E-state index is 0.0136. The van der Waals surface area contributed by atoms with E-state index in [9.17, 15) is 9.59 Å². The molecule has 0 N–H and O–H groups in total. The van der Waals surface area contributed by atoms with Gasteiger partial charge in [0.25, 0.3) is 5.91 Å². The van der Waals surface area contributed by atoms with Crippen molar-refractivity contribution < 1.29 is 19.1 Å². The molecule has 1 aliphatic heterocycles.